The molecule has 0 saturated heterocycles. The molecule has 0 unspecified atom stereocenters. The zero-order chi connectivity index (χ0) is 17.7. The van der Waals surface area contributed by atoms with Gasteiger partial charge in [0.2, 0.25) is 5.75 Å². The number of hydrogen-bond donors (Lipinski definition) is 1. The third-order valence-electron chi connectivity index (χ3n) is 5.17. The van der Waals surface area contributed by atoms with Crippen LogP contribution in [-0.2, 0) is 6.54 Å². The molecule has 0 heterocycles. The minimum absolute atomic E-state index is 0.341. The maximum atomic E-state index is 5.45. The maximum Gasteiger partial charge on any atom is 0.203 e. The number of rotatable bonds is 6. The van der Waals surface area contributed by atoms with Crippen molar-refractivity contribution < 1.29 is 14.2 Å². The second-order valence-electron chi connectivity index (χ2n) is 7.78. The van der Waals surface area contributed by atoms with Crippen LogP contribution >= 0.6 is 0 Å². The van der Waals surface area contributed by atoms with Gasteiger partial charge in [-0.25, -0.2) is 0 Å². The van der Waals surface area contributed by atoms with E-state index in [1.54, 1.807) is 21.3 Å². The Morgan fingerprint density at radius 3 is 2.04 bits per heavy atom. The van der Waals surface area contributed by atoms with Crippen LogP contribution in [0.2, 0.25) is 0 Å². The topological polar surface area (TPSA) is 39.7 Å². The lowest BCUT2D eigenvalue weighted by Crippen LogP contribution is -2.43. The van der Waals surface area contributed by atoms with E-state index in [1.165, 1.54) is 25.7 Å². The van der Waals surface area contributed by atoms with Gasteiger partial charge < -0.3 is 19.5 Å². The first-order valence-corrected chi connectivity index (χ1v) is 8.93. The molecule has 0 radical (unpaired) electrons. The Balaban J connectivity index is 2.13. The summed E-state index contributed by atoms with van der Waals surface area (Å²) in [6, 6.07) is 4.63. The van der Waals surface area contributed by atoms with Gasteiger partial charge in [-0.05, 0) is 41.9 Å². The molecule has 0 aliphatic heterocycles. The molecule has 0 amide bonds. The SMILES string of the molecule is COc1cc(CN[C@H]2CCCC[C@H]2C(C)(C)C)cc(OC)c1OC. The summed E-state index contributed by atoms with van der Waals surface area (Å²) in [6.07, 6.45) is 5.24. The fraction of sp³-hybridized carbons (Fsp3) is 0.700. The molecule has 1 aromatic rings. The standard InChI is InChI=1S/C20H33NO3/c1-20(2,3)15-9-7-8-10-16(15)21-13-14-11-17(22-4)19(24-6)18(12-14)23-5/h11-12,15-16,21H,7-10,13H2,1-6H3/t15-,16+/m1/s1. The summed E-state index contributed by atoms with van der Waals surface area (Å²) >= 11 is 0. The summed E-state index contributed by atoms with van der Waals surface area (Å²) < 4.78 is 16.3. The molecule has 0 aromatic heterocycles. The molecular formula is C20H33NO3. The van der Waals surface area contributed by atoms with Gasteiger partial charge in [0.25, 0.3) is 0 Å². The van der Waals surface area contributed by atoms with Crippen molar-refractivity contribution >= 4 is 0 Å². The fourth-order valence-electron chi connectivity index (χ4n) is 3.90. The van der Waals surface area contributed by atoms with Crippen LogP contribution < -0.4 is 19.5 Å². The first-order chi connectivity index (χ1) is 11.4. The summed E-state index contributed by atoms with van der Waals surface area (Å²) in [5.41, 5.74) is 1.50. The van der Waals surface area contributed by atoms with Crippen LogP contribution in [0.25, 0.3) is 0 Å². The summed E-state index contributed by atoms with van der Waals surface area (Å²) in [4.78, 5) is 0. The fourth-order valence-corrected chi connectivity index (χ4v) is 3.90. The van der Waals surface area contributed by atoms with E-state index >= 15 is 0 Å². The summed E-state index contributed by atoms with van der Waals surface area (Å²) in [6.45, 7) is 7.89. The zero-order valence-corrected chi connectivity index (χ0v) is 16.1. The van der Waals surface area contributed by atoms with Crippen LogP contribution in [0.5, 0.6) is 17.2 Å². The second kappa shape index (κ2) is 8.11. The average Bonchev–Trinajstić information content (AvgIpc) is 2.58. The highest BCUT2D eigenvalue weighted by molar-refractivity contribution is 5.53. The summed E-state index contributed by atoms with van der Waals surface area (Å²) in [5, 5.41) is 3.78. The molecule has 136 valence electrons. The van der Waals surface area contributed by atoms with E-state index in [0.29, 0.717) is 34.6 Å². The summed E-state index contributed by atoms with van der Waals surface area (Å²) in [7, 11) is 4.95. The van der Waals surface area contributed by atoms with E-state index < -0.39 is 0 Å². The van der Waals surface area contributed by atoms with Crippen LogP contribution in [0, 0.1) is 11.3 Å². The van der Waals surface area contributed by atoms with Gasteiger partial charge in [0, 0.05) is 12.6 Å². The van der Waals surface area contributed by atoms with Crippen molar-refractivity contribution in [3.8, 4) is 17.2 Å². The molecule has 1 aliphatic rings. The molecular weight excluding hydrogens is 302 g/mol. The third kappa shape index (κ3) is 4.35. The van der Waals surface area contributed by atoms with Crippen molar-refractivity contribution in [1.29, 1.82) is 0 Å². The monoisotopic (exact) mass is 335 g/mol. The Bertz CT molecular complexity index is 511. The molecule has 2 rings (SSSR count). The molecule has 1 aromatic carbocycles. The van der Waals surface area contributed by atoms with E-state index in [2.05, 4.69) is 26.1 Å². The number of nitrogens with one attached hydrogen (secondary N) is 1. The van der Waals surface area contributed by atoms with E-state index in [9.17, 15) is 0 Å². The number of ether oxygens (including phenoxy) is 3. The summed E-state index contributed by atoms with van der Waals surface area (Å²) in [5.74, 6) is 2.79. The van der Waals surface area contributed by atoms with E-state index in [0.717, 1.165) is 12.1 Å². The van der Waals surface area contributed by atoms with Gasteiger partial charge in [-0.2, -0.15) is 0 Å². The predicted molar refractivity (Wildman–Crippen MR) is 98.1 cm³/mol. The Labute approximate surface area is 146 Å². The predicted octanol–water partition coefficient (Wildman–Crippen LogP) is 4.41. The quantitative estimate of drug-likeness (QED) is 0.836. The van der Waals surface area contributed by atoms with Crippen molar-refractivity contribution in [2.45, 2.75) is 59.0 Å². The number of methoxy groups -OCH3 is 3. The molecule has 1 fully saturated rings. The second-order valence-corrected chi connectivity index (χ2v) is 7.78. The van der Waals surface area contributed by atoms with Crippen molar-refractivity contribution in [2.24, 2.45) is 11.3 Å². The largest absolute Gasteiger partial charge is 0.493 e. The zero-order valence-electron chi connectivity index (χ0n) is 16.1. The highest BCUT2D eigenvalue weighted by Gasteiger charge is 2.33. The van der Waals surface area contributed by atoms with Crippen LogP contribution in [-0.4, -0.2) is 27.4 Å². The Morgan fingerprint density at radius 2 is 1.54 bits per heavy atom. The van der Waals surface area contributed by atoms with Crippen LogP contribution in [0.3, 0.4) is 0 Å². The Kier molecular flexibility index (Phi) is 6.39. The first kappa shape index (κ1) is 18.9. The molecule has 4 heteroatoms. The van der Waals surface area contributed by atoms with Gasteiger partial charge in [0.1, 0.15) is 0 Å². The number of benzene rings is 1. The van der Waals surface area contributed by atoms with Crippen molar-refractivity contribution in [3.63, 3.8) is 0 Å². The molecule has 4 nitrogen and oxygen atoms in total. The lowest BCUT2D eigenvalue weighted by molar-refractivity contribution is 0.130. The highest BCUT2D eigenvalue weighted by atomic mass is 16.5. The molecule has 1 aliphatic carbocycles. The van der Waals surface area contributed by atoms with Crippen LogP contribution in [0.4, 0.5) is 0 Å². The van der Waals surface area contributed by atoms with E-state index in [-0.39, 0.29) is 0 Å². The average molecular weight is 335 g/mol. The van der Waals surface area contributed by atoms with Gasteiger partial charge in [-0.15, -0.1) is 0 Å². The Morgan fingerprint density at radius 1 is 0.958 bits per heavy atom. The van der Waals surface area contributed by atoms with E-state index in [4.69, 9.17) is 14.2 Å². The molecule has 2 atom stereocenters. The van der Waals surface area contributed by atoms with Crippen LogP contribution in [0.15, 0.2) is 12.1 Å². The van der Waals surface area contributed by atoms with Crippen molar-refractivity contribution in [2.75, 3.05) is 21.3 Å². The third-order valence-corrected chi connectivity index (χ3v) is 5.17. The molecule has 0 bridgehead atoms. The molecule has 24 heavy (non-hydrogen) atoms. The minimum Gasteiger partial charge on any atom is -0.493 e. The highest BCUT2D eigenvalue weighted by Crippen LogP contribution is 2.40. The van der Waals surface area contributed by atoms with Crippen molar-refractivity contribution in [1.82, 2.24) is 5.32 Å². The van der Waals surface area contributed by atoms with Crippen molar-refractivity contribution in [3.05, 3.63) is 17.7 Å². The molecule has 1 N–H and O–H groups in total. The lowest BCUT2D eigenvalue weighted by atomic mass is 9.69. The van der Waals surface area contributed by atoms with Gasteiger partial charge in [0.15, 0.2) is 11.5 Å². The van der Waals surface area contributed by atoms with Crippen LogP contribution in [0.1, 0.15) is 52.0 Å². The van der Waals surface area contributed by atoms with Gasteiger partial charge in [-0.1, -0.05) is 33.6 Å². The smallest absolute Gasteiger partial charge is 0.203 e. The Hall–Kier alpha value is -1.42. The first-order valence-electron chi connectivity index (χ1n) is 8.93. The number of hydrogen-bond acceptors (Lipinski definition) is 4. The lowest BCUT2D eigenvalue weighted by Gasteiger charge is -2.41. The normalized spacial score (nSPS) is 21.4. The molecule has 0 spiro atoms. The minimum atomic E-state index is 0.341. The van der Waals surface area contributed by atoms with E-state index in [1.807, 2.05) is 12.1 Å². The van der Waals surface area contributed by atoms with Gasteiger partial charge in [0.05, 0.1) is 21.3 Å². The maximum absolute atomic E-state index is 5.45. The van der Waals surface area contributed by atoms with Gasteiger partial charge >= 0.3 is 0 Å². The van der Waals surface area contributed by atoms with Gasteiger partial charge in [-0.3, -0.25) is 0 Å². The molecule has 1 saturated carbocycles.